The monoisotopic (exact) mass is 197 g/mol. The molecule has 2 atom stereocenters. The van der Waals surface area contributed by atoms with Gasteiger partial charge in [0.1, 0.15) is 0 Å². The number of hydrogen-bond acceptors (Lipinski definition) is 2. The summed E-state index contributed by atoms with van der Waals surface area (Å²) in [7, 11) is 0. The molecule has 1 nitrogen and oxygen atoms in total. The molecule has 0 aromatic carbocycles. The number of terminal acetylenes is 1. The molecule has 1 rings (SSSR count). The van der Waals surface area contributed by atoms with E-state index in [0.29, 0.717) is 0 Å². The van der Waals surface area contributed by atoms with Gasteiger partial charge in [-0.2, -0.15) is 11.8 Å². The first-order valence-corrected chi connectivity index (χ1v) is 5.98. The maximum Gasteiger partial charge on any atom is 0.0149 e. The minimum atomic E-state index is 0.787. The summed E-state index contributed by atoms with van der Waals surface area (Å²) in [6, 6.07) is 0. The Morgan fingerprint density at radius 1 is 1.38 bits per heavy atom. The van der Waals surface area contributed by atoms with Crippen LogP contribution < -0.4 is 0 Å². The average molecular weight is 197 g/mol. The second-order valence-corrected chi connectivity index (χ2v) is 5.71. The Balaban J connectivity index is 2.22. The highest BCUT2D eigenvalue weighted by Crippen LogP contribution is 2.24. The van der Waals surface area contributed by atoms with E-state index in [0.717, 1.165) is 23.3 Å². The molecule has 1 heterocycles. The SMILES string of the molecule is C#CCCCN1CC(C)SC(C)C1. The predicted octanol–water partition coefficient (Wildman–Crippen LogP) is 2.23. The second-order valence-electron chi connectivity index (χ2n) is 3.82. The van der Waals surface area contributed by atoms with Gasteiger partial charge in [0, 0.05) is 30.0 Å². The fourth-order valence-electron chi connectivity index (χ4n) is 1.87. The topological polar surface area (TPSA) is 3.24 Å². The lowest BCUT2D eigenvalue weighted by molar-refractivity contribution is 0.269. The zero-order valence-electron chi connectivity index (χ0n) is 8.62. The summed E-state index contributed by atoms with van der Waals surface area (Å²) >= 11 is 2.10. The van der Waals surface area contributed by atoms with Crippen molar-refractivity contribution in [2.24, 2.45) is 0 Å². The van der Waals surface area contributed by atoms with E-state index >= 15 is 0 Å². The largest absolute Gasteiger partial charge is 0.301 e. The molecule has 0 aliphatic carbocycles. The molecule has 0 radical (unpaired) electrons. The molecule has 2 heteroatoms. The third-order valence-corrected chi connectivity index (χ3v) is 3.52. The van der Waals surface area contributed by atoms with E-state index in [9.17, 15) is 0 Å². The number of hydrogen-bond donors (Lipinski definition) is 0. The average Bonchev–Trinajstić information content (AvgIpc) is 2.03. The third-order valence-electron chi connectivity index (χ3n) is 2.29. The number of rotatable bonds is 3. The van der Waals surface area contributed by atoms with Crippen molar-refractivity contribution in [1.29, 1.82) is 0 Å². The van der Waals surface area contributed by atoms with Crippen LogP contribution in [0.4, 0.5) is 0 Å². The summed E-state index contributed by atoms with van der Waals surface area (Å²) in [6.07, 6.45) is 7.30. The van der Waals surface area contributed by atoms with Crippen LogP contribution in [0.15, 0.2) is 0 Å². The molecule has 13 heavy (non-hydrogen) atoms. The Bertz CT molecular complexity index is 175. The minimum absolute atomic E-state index is 0.787. The zero-order valence-corrected chi connectivity index (χ0v) is 9.44. The van der Waals surface area contributed by atoms with Crippen molar-refractivity contribution >= 4 is 11.8 Å². The summed E-state index contributed by atoms with van der Waals surface area (Å²) in [5, 5.41) is 1.57. The number of thioether (sulfide) groups is 1. The Kier molecular flexibility index (Phi) is 4.69. The predicted molar refractivity (Wildman–Crippen MR) is 61.0 cm³/mol. The van der Waals surface area contributed by atoms with Crippen LogP contribution in [0.3, 0.4) is 0 Å². The molecule has 0 bridgehead atoms. The summed E-state index contributed by atoms with van der Waals surface area (Å²) < 4.78 is 0. The van der Waals surface area contributed by atoms with Crippen LogP contribution in [0.25, 0.3) is 0 Å². The highest BCUT2D eigenvalue weighted by Gasteiger charge is 2.21. The zero-order chi connectivity index (χ0) is 9.68. The van der Waals surface area contributed by atoms with Crippen molar-refractivity contribution in [3.8, 4) is 12.3 Å². The molecular formula is C11H19NS. The molecule has 74 valence electrons. The normalized spacial score (nSPS) is 29.9. The van der Waals surface area contributed by atoms with E-state index in [2.05, 4.69) is 36.4 Å². The molecule has 1 aliphatic heterocycles. The molecule has 0 N–H and O–H groups in total. The van der Waals surface area contributed by atoms with Gasteiger partial charge in [-0.15, -0.1) is 12.3 Å². The van der Waals surface area contributed by atoms with E-state index in [-0.39, 0.29) is 0 Å². The smallest absolute Gasteiger partial charge is 0.0149 e. The lowest BCUT2D eigenvalue weighted by atomic mass is 10.2. The number of unbranched alkanes of at least 4 members (excludes halogenated alkanes) is 1. The molecule has 2 unspecified atom stereocenters. The molecule has 0 spiro atoms. The lowest BCUT2D eigenvalue weighted by Gasteiger charge is -2.34. The highest BCUT2D eigenvalue weighted by molar-refractivity contribution is 8.00. The molecule has 0 saturated carbocycles. The number of nitrogens with zero attached hydrogens (tertiary/aromatic N) is 1. The molecule has 1 fully saturated rings. The van der Waals surface area contributed by atoms with Gasteiger partial charge >= 0.3 is 0 Å². The fraction of sp³-hybridized carbons (Fsp3) is 0.818. The van der Waals surface area contributed by atoms with Gasteiger partial charge in [0.05, 0.1) is 0 Å². The van der Waals surface area contributed by atoms with Gasteiger partial charge in [0.25, 0.3) is 0 Å². The Morgan fingerprint density at radius 2 is 2.00 bits per heavy atom. The van der Waals surface area contributed by atoms with E-state index in [1.54, 1.807) is 0 Å². The van der Waals surface area contributed by atoms with Gasteiger partial charge in [-0.3, -0.25) is 0 Å². The molecule has 1 saturated heterocycles. The lowest BCUT2D eigenvalue weighted by Crippen LogP contribution is -2.40. The highest BCUT2D eigenvalue weighted by atomic mass is 32.2. The van der Waals surface area contributed by atoms with Crippen molar-refractivity contribution in [2.75, 3.05) is 19.6 Å². The minimum Gasteiger partial charge on any atom is -0.301 e. The van der Waals surface area contributed by atoms with Gasteiger partial charge in [-0.1, -0.05) is 13.8 Å². The van der Waals surface area contributed by atoms with Crippen molar-refractivity contribution < 1.29 is 0 Å². The third kappa shape index (κ3) is 4.06. The van der Waals surface area contributed by atoms with Crippen LogP contribution in [-0.2, 0) is 0 Å². The van der Waals surface area contributed by atoms with Crippen LogP contribution in [-0.4, -0.2) is 35.0 Å². The second kappa shape index (κ2) is 5.57. The Labute approximate surface area is 86.3 Å². The van der Waals surface area contributed by atoms with Gasteiger partial charge in [0.15, 0.2) is 0 Å². The summed E-state index contributed by atoms with van der Waals surface area (Å²) in [4.78, 5) is 2.54. The molecular weight excluding hydrogens is 178 g/mol. The summed E-state index contributed by atoms with van der Waals surface area (Å²) in [5.74, 6) is 2.70. The van der Waals surface area contributed by atoms with Crippen LogP contribution in [0.1, 0.15) is 26.7 Å². The van der Waals surface area contributed by atoms with Crippen LogP contribution >= 0.6 is 11.8 Å². The van der Waals surface area contributed by atoms with Gasteiger partial charge < -0.3 is 4.90 Å². The van der Waals surface area contributed by atoms with Crippen molar-refractivity contribution in [1.82, 2.24) is 4.90 Å². The van der Waals surface area contributed by atoms with E-state index < -0.39 is 0 Å². The van der Waals surface area contributed by atoms with Crippen molar-refractivity contribution in [2.45, 2.75) is 37.2 Å². The quantitative estimate of drug-likeness (QED) is 0.504. The van der Waals surface area contributed by atoms with E-state index in [4.69, 9.17) is 6.42 Å². The Morgan fingerprint density at radius 3 is 2.54 bits per heavy atom. The fourth-order valence-corrected chi connectivity index (χ4v) is 3.26. The van der Waals surface area contributed by atoms with Gasteiger partial charge in [-0.05, 0) is 13.0 Å². The van der Waals surface area contributed by atoms with E-state index in [1.807, 2.05) is 0 Å². The summed E-state index contributed by atoms with van der Waals surface area (Å²) in [5.41, 5.74) is 0. The maximum absolute atomic E-state index is 5.23. The molecule has 0 aromatic rings. The van der Waals surface area contributed by atoms with Crippen LogP contribution in [0, 0.1) is 12.3 Å². The molecule has 1 aliphatic rings. The molecule has 0 aromatic heterocycles. The summed E-state index contributed by atoms with van der Waals surface area (Å²) in [6.45, 7) is 8.28. The van der Waals surface area contributed by atoms with Gasteiger partial charge in [0.2, 0.25) is 0 Å². The van der Waals surface area contributed by atoms with Crippen molar-refractivity contribution in [3.63, 3.8) is 0 Å². The van der Waals surface area contributed by atoms with Gasteiger partial charge in [-0.25, -0.2) is 0 Å². The molecule has 0 amide bonds. The first-order valence-electron chi connectivity index (χ1n) is 5.03. The Hall–Kier alpha value is -0.130. The van der Waals surface area contributed by atoms with Crippen molar-refractivity contribution in [3.05, 3.63) is 0 Å². The maximum atomic E-state index is 5.23. The standard InChI is InChI=1S/C11H19NS/c1-4-5-6-7-12-8-10(2)13-11(3)9-12/h1,10-11H,5-9H2,2-3H3. The first-order chi connectivity index (χ1) is 6.22. The van der Waals surface area contributed by atoms with Crippen LogP contribution in [0.5, 0.6) is 0 Å². The van der Waals surface area contributed by atoms with E-state index in [1.165, 1.54) is 19.6 Å². The van der Waals surface area contributed by atoms with Crippen LogP contribution in [0.2, 0.25) is 0 Å². The first kappa shape index (κ1) is 10.9.